The third kappa shape index (κ3) is 9.97. The van der Waals surface area contributed by atoms with Crippen molar-refractivity contribution in [3.8, 4) is 11.5 Å². The fourth-order valence-corrected chi connectivity index (χ4v) is 5.93. The molecule has 0 spiro atoms. The molecule has 0 radical (unpaired) electrons. The Morgan fingerprint density at radius 2 is 1.39 bits per heavy atom. The molecule has 0 aliphatic heterocycles. The van der Waals surface area contributed by atoms with Gasteiger partial charge in [-0.2, -0.15) is 0 Å². The molecule has 0 heterocycles. The molecule has 46 heavy (non-hydrogen) atoms. The van der Waals surface area contributed by atoms with Gasteiger partial charge in [0.2, 0.25) is 21.8 Å². The number of anilines is 1. The fourth-order valence-electron chi connectivity index (χ4n) is 4.76. The summed E-state index contributed by atoms with van der Waals surface area (Å²) in [5.74, 6) is 0.170. The van der Waals surface area contributed by atoms with E-state index in [4.69, 9.17) is 27.9 Å². The molecule has 0 saturated carbocycles. The molecule has 1 atom stereocenters. The van der Waals surface area contributed by atoms with E-state index in [-0.39, 0.29) is 24.6 Å². The molecule has 4 rings (SSSR count). The molecular weight excluding hydrogens is 645 g/mol. The number of nitrogens with zero attached hydrogens (tertiary/aromatic N) is 2. The maximum Gasteiger partial charge on any atom is 0.244 e. The number of halogens is 2. The molecular formula is C35H37Cl2N3O5S. The molecule has 11 heteroatoms. The summed E-state index contributed by atoms with van der Waals surface area (Å²) in [6.07, 6.45) is 1.23. The van der Waals surface area contributed by atoms with Gasteiger partial charge in [-0.15, -0.1) is 0 Å². The molecule has 0 fully saturated rings. The Bertz CT molecular complexity index is 1750. The number of sulfonamides is 1. The number of carbonyl (C=O) groups excluding carboxylic acids is 2. The Morgan fingerprint density at radius 3 is 1.96 bits per heavy atom. The van der Waals surface area contributed by atoms with Gasteiger partial charge in [-0.05, 0) is 80.4 Å². The zero-order valence-corrected chi connectivity index (χ0v) is 28.4. The SMILES string of the molecule is CC(C)(C)NC(=O)C(Cc1ccccc1)N(Cc1ccc(Cl)c(Cl)c1)C(=O)CN(c1ccc(Oc2ccccc2)cc1)S(C)(=O)=O. The van der Waals surface area contributed by atoms with E-state index in [1.54, 1.807) is 54.6 Å². The number of amides is 2. The Morgan fingerprint density at radius 1 is 0.804 bits per heavy atom. The lowest BCUT2D eigenvalue weighted by molar-refractivity contribution is -0.140. The van der Waals surface area contributed by atoms with Crippen molar-refractivity contribution in [3.63, 3.8) is 0 Å². The summed E-state index contributed by atoms with van der Waals surface area (Å²) >= 11 is 12.5. The Kier molecular flexibility index (Phi) is 11.4. The van der Waals surface area contributed by atoms with Crippen molar-refractivity contribution in [1.82, 2.24) is 10.2 Å². The predicted octanol–water partition coefficient (Wildman–Crippen LogP) is 7.11. The largest absolute Gasteiger partial charge is 0.457 e. The first-order valence-corrected chi connectivity index (χ1v) is 17.2. The molecule has 242 valence electrons. The van der Waals surface area contributed by atoms with Gasteiger partial charge >= 0.3 is 0 Å². The van der Waals surface area contributed by atoms with Crippen LogP contribution in [0.15, 0.2) is 103 Å². The molecule has 2 amide bonds. The minimum absolute atomic E-state index is 0.0216. The molecule has 4 aromatic rings. The number of ether oxygens (including phenoxy) is 1. The van der Waals surface area contributed by atoms with Gasteiger partial charge in [-0.3, -0.25) is 13.9 Å². The van der Waals surface area contributed by atoms with Crippen LogP contribution in [0, 0.1) is 0 Å². The molecule has 1 unspecified atom stereocenters. The Balaban J connectivity index is 1.71. The normalized spacial score (nSPS) is 12.2. The second kappa shape index (κ2) is 15.0. The van der Waals surface area contributed by atoms with E-state index >= 15 is 0 Å². The monoisotopic (exact) mass is 681 g/mol. The zero-order valence-electron chi connectivity index (χ0n) is 26.1. The number of hydrogen-bond donors (Lipinski definition) is 1. The van der Waals surface area contributed by atoms with E-state index in [0.29, 0.717) is 27.1 Å². The molecule has 8 nitrogen and oxygen atoms in total. The summed E-state index contributed by atoms with van der Waals surface area (Å²) in [5, 5.41) is 3.63. The lowest BCUT2D eigenvalue weighted by Gasteiger charge is -2.35. The highest BCUT2D eigenvalue weighted by Crippen LogP contribution is 2.27. The summed E-state index contributed by atoms with van der Waals surface area (Å²) in [6.45, 7) is 4.99. The van der Waals surface area contributed by atoms with Crippen molar-refractivity contribution in [2.75, 3.05) is 17.1 Å². The summed E-state index contributed by atoms with van der Waals surface area (Å²) in [5.41, 5.74) is 1.13. The van der Waals surface area contributed by atoms with Crippen LogP contribution in [0.2, 0.25) is 10.0 Å². The lowest BCUT2D eigenvalue weighted by Crippen LogP contribution is -2.56. The van der Waals surface area contributed by atoms with Gasteiger partial charge in [0, 0.05) is 18.5 Å². The van der Waals surface area contributed by atoms with Gasteiger partial charge in [0.05, 0.1) is 22.0 Å². The van der Waals surface area contributed by atoms with Crippen LogP contribution in [0.5, 0.6) is 11.5 Å². The Labute approximate surface area is 280 Å². The topological polar surface area (TPSA) is 96.0 Å². The van der Waals surface area contributed by atoms with Crippen LogP contribution in [0.3, 0.4) is 0 Å². The third-order valence-corrected chi connectivity index (χ3v) is 8.77. The number of para-hydroxylation sites is 1. The van der Waals surface area contributed by atoms with Crippen LogP contribution in [0.1, 0.15) is 31.9 Å². The van der Waals surface area contributed by atoms with Crippen molar-refractivity contribution in [3.05, 3.63) is 124 Å². The number of benzene rings is 4. The van der Waals surface area contributed by atoms with Crippen LogP contribution in [-0.2, 0) is 32.6 Å². The average molecular weight is 683 g/mol. The van der Waals surface area contributed by atoms with Crippen LogP contribution in [0.4, 0.5) is 5.69 Å². The summed E-state index contributed by atoms with van der Waals surface area (Å²) in [4.78, 5) is 29.6. The van der Waals surface area contributed by atoms with E-state index in [9.17, 15) is 18.0 Å². The zero-order chi connectivity index (χ0) is 33.5. The maximum absolute atomic E-state index is 14.3. The number of carbonyl (C=O) groups is 2. The van der Waals surface area contributed by atoms with E-state index in [2.05, 4.69) is 5.32 Å². The second-order valence-electron chi connectivity index (χ2n) is 11.9. The average Bonchev–Trinajstić information content (AvgIpc) is 2.99. The standard InChI is InChI=1S/C35H37Cl2N3O5S/c1-35(2,3)38-34(42)32(22-25-11-7-5-8-12-25)39(23-26-15-20-30(36)31(37)21-26)33(41)24-40(46(4,43)44)27-16-18-29(19-17-27)45-28-13-9-6-10-14-28/h5-21,32H,22-24H2,1-4H3,(H,38,42). The van der Waals surface area contributed by atoms with Crippen molar-refractivity contribution in [2.45, 2.75) is 45.3 Å². The minimum atomic E-state index is -3.93. The van der Waals surface area contributed by atoms with Crippen molar-refractivity contribution in [1.29, 1.82) is 0 Å². The van der Waals surface area contributed by atoms with Gasteiger partial charge in [-0.1, -0.05) is 77.8 Å². The first kappa shape index (κ1) is 34.8. The van der Waals surface area contributed by atoms with Gasteiger partial charge in [-0.25, -0.2) is 8.42 Å². The van der Waals surface area contributed by atoms with Crippen molar-refractivity contribution < 1.29 is 22.7 Å². The highest BCUT2D eigenvalue weighted by molar-refractivity contribution is 7.92. The van der Waals surface area contributed by atoms with Gasteiger partial charge in [0.15, 0.2) is 0 Å². The van der Waals surface area contributed by atoms with Gasteiger partial charge < -0.3 is 15.0 Å². The molecule has 0 aliphatic rings. The van der Waals surface area contributed by atoms with E-state index in [1.165, 1.54) is 4.90 Å². The Hall–Kier alpha value is -4.05. The van der Waals surface area contributed by atoms with E-state index in [0.717, 1.165) is 16.1 Å². The van der Waals surface area contributed by atoms with E-state index < -0.39 is 34.1 Å². The summed E-state index contributed by atoms with van der Waals surface area (Å²) in [6, 6.07) is 28.9. The molecule has 0 aliphatic carbocycles. The van der Waals surface area contributed by atoms with Crippen LogP contribution in [0.25, 0.3) is 0 Å². The highest BCUT2D eigenvalue weighted by Gasteiger charge is 2.34. The number of nitrogens with one attached hydrogen (secondary N) is 1. The second-order valence-corrected chi connectivity index (χ2v) is 14.6. The third-order valence-electron chi connectivity index (χ3n) is 6.89. The fraction of sp³-hybridized carbons (Fsp3) is 0.257. The molecule has 0 saturated heterocycles. The number of hydrogen-bond acceptors (Lipinski definition) is 5. The summed E-state index contributed by atoms with van der Waals surface area (Å²) in [7, 11) is -3.93. The molecule has 0 bridgehead atoms. The van der Waals surface area contributed by atoms with Crippen molar-refractivity contribution in [2.24, 2.45) is 0 Å². The molecule has 4 aromatic carbocycles. The molecule has 1 N–H and O–H groups in total. The summed E-state index contributed by atoms with van der Waals surface area (Å²) < 4.78 is 33.1. The van der Waals surface area contributed by atoms with Gasteiger partial charge in [0.1, 0.15) is 24.1 Å². The first-order chi connectivity index (χ1) is 21.7. The highest BCUT2D eigenvalue weighted by atomic mass is 35.5. The first-order valence-electron chi connectivity index (χ1n) is 14.6. The van der Waals surface area contributed by atoms with Crippen LogP contribution in [-0.4, -0.2) is 49.5 Å². The van der Waals surface area contributed by atoms with Crippen molar-refractivity contribution >= 4 is 50.7 Å². The smallest absolute Gasteiger partial charge is 0.244 e. The van der Waals surface area contributed by atoms with Crippen LogP contribution >= 0.6 is 23.2 Å². The van der Waals surface area contributed by atoms with Gasteiger partial charge in [0.25, 0.3) is 0 Å². The van der Waals surface area contributed by atoms with E-state index in [1.807, 2.05) is 69.3 Å². The minimum Gasteiger partial charge on any atom is -0.457 e. The quantitative estimate of drug-likeness (QED) is 0.172. The lowest BCUT2D eigenvalue weighted by atomic mass is 10.0. The molecule has 0 aromatic heterocycles. The van der Waals surface area contributed by atoms with Crippen LogP contribution < -0.4 is 14.4 Å². The maximum atomic E-state index is 14.3. The predicted molar refractivity (Wildman–Crippen MR) is 184 cm³/mol. The number of rotatable bonds is 12.